The molecule has 0 atom stereocenters. The molecule has 0 aliphatic carbocycles. The molecule has 0 aliphatic rings. The second-order valence-corrected chi connectivity index (χ2v) is 4.84. The van der Waals surface area contributed by atoms with E-state index in [-0.39, 0.29) is 5.63 Å². The fourth-order valence-electron chi connectivity index (χ4n) is 2.20. The van der Waals surface area contributed by atoms with Crippen molar-refractivity contribution in [3.05, 3.63) is 77.2 Å². The molecule has 98 valence electrons. The molecule has 2 aromatic carbocycles. The first kappa shape index (κ1) is 12.4. The van der Waals surface area contributed by atoms with E-state index < -0.39 is 0 Å². The van der Waals surface area contributed by atoms with Gasteiger partial charge in [-0.1, -0.05) is 54.6 Å². The van der Waals surface area contributed by atoms with Crippen LogP contribution in [0.25, 0.3) is 27.7 Å². The first-order chi connectivity index (χ1) is 9.65. The van der Waals surface area contributed by atoms with E-state index in [4.69, 9.17) is 4.42 Å². The smallest absolute Gasteiger partial charge is 0.344 e. The predicted molar refractivity (Wildman–Crippen MR) is 82.6 cm³/mol. The van der Waals surface area contributed by atoms with Crippen molar-refractivity contribution in [3.63, 3.8) is 0 Å². The highest BCUT2D eigenvalue weighted by Crippen LogP contribution is 2.22. The lowest BCUT2D eigenvalue weighted by atomic mass is 10.0. The maximum Gasteiger partial charge on any atom is 0.344 e. The van der Waals surface area contributed by atoms with Gasteiger partial charge >= 0.3 is 5.63 Å². The molecular formula is C18H14O2. The zero-order valence-corrected chi connectivity index (χ0v) is 11.2. The van der Waals surface area contributed by atoms with Gasteiger partial charge < -0.3 is 4.42 Å². The van der Waals surface area contributed by atoms with E-state index in [1.165, 1.54) is 0 Å². The normalized spacial score (nSPS) is 10.7. The monoisotopic (exact) mass is 262 g/mol. The molecule has 1 heterocycles. The van der Waals surface area contributed by atoms with Crippen LogP contribution >= 0.6 is 0 Å². The molecule has 1 aromatic heterocycles. The SMILES string of the molecule is C=C(C)c1ccc(-c2cc3ccccc3oc2=O)cc1. The van der Waals surface area contributed by atoms with Crippen molar-refractivity contribution in [1.82, 2.24) is 0 Å². The van der Waals surface area contributed by atoms with Crippen molar-refractivity contribution in [1.29, 1.82) is 0 Å². The number of hydrogen-bond donors (Lipinski definition) is 0. The Hall–Kier alpha value is -2.61. The third kappa shape index (κ3) is 2.16. The Kier molecular flexibility index (Phi) is 2.99. The van der Waals surface area contributed by atoms with E-state index in [0.717, 1.165) is 22.1 Å². The van der Waals surface area contributed by atoms with Gasteiger partial charge in [0, 0.05) is 5.39 Å². The van der Waals surface area contributed by atoms with E-state index in [1.54, 1.807) is 6.07 Å². The van der Waals surface area contributed by atoms with Gasteiger partial charge in [-0.2, -0.15) is 0 Å². The first-order valence-electron chi connectivity index (χ1n) is 6.44. The van der Waals surface area contributed by atoms with Crippen LogP contribution in [0.4, 0.5) is 0 Å². The molecule has 0 fully saturated rings. The van der Waals surface area contributed by atoms with Gasteiger partial charge in [0.05, 0.1) is 5.56 Å². The minimum atomic E-state index is -0.313. The van der Waals surface area contributed by atoms with E-state index in [0.29, 0.717) is 11.1 Å². The average molecular weight is 262 g/mol. The Morgan fingerprint density at radius 2 is 1.75 bits per heavy atom. The Bertz CT molecular complexity index is 839. The lowest BCUT2D eigenvalue weighted by Crippen LogP contribution is -2.02. The molecule has 2 nitrogen and oxygen atoms in total. The molecule has 20 heavy (non-hydrogen) atoms. The Balaban J connectivity index is 2.16. The summed E-state index contributed by atoms with van der Waals surface area (Å²) in [4.78, 5) is 12.1. The van der Waals surface area contributed by atoms with Crippen LogP contribution in [0, 0.1) is 0 Å². The van der Waals surface area contributed by atoms with E-state index in [1.807, 2.05) is 55.5 Å². The van der Waals surface area contributed by atoms with Crippen molar-refractivity contribution < 1.29 is 4.42 Å². The summed E-state index contributed by atoms with van der Waals surface area (Å²) in [7, 11) is 0. The Morgan fingerprint density at radius 1 is 1.05 bits per heavy atom. The highest BCUT2D eigenvalue weighted by atomic mass is 16.4. The fourth-order valence-corrected chi connectivity index (χ4v) is 2.20. The maximum absolute atomic E-state index is 12.1. The molecule has 0 N–H and O–H groups in total. The summed E-state index contributed by atoms with van der Waals surface area (Å²) in [6, 6.07) is 17.2. The van der Waals surface area contributed by atoms with Gasteiger partial charge in [0.1, 0.15) is 5.58 Å². The summed E-state index contributed by atoms with van der Waals surface area (Å²) < 4.78 is 5.35. The van der Waals surface area contributed by atoms with Crippen LogP contribution in [-0.2, 0) is 0 Å². The van der Waals surface area contributed by atoms with Gasteiger partial charge in [-0.25, -0.2) is 4.79 Å². The molecule has 0 radical (unpaired) electrons. The van der Waals surface area contributed by atoms with Crippen LogP contribution in [0.2, 0.25) is 0 Å². The minimum Gasteiger partial charge on any atom is -0.422 e. The summed E-state index contributed by atoms with van der Waals surface area (Å²) in [5, 5.41) is 0.922. The molecule has 0 saturated carbocycles. The number of para-hydroxylation sites is 1. The van der Waals surface area contributed by atoms with Crippen LogP contribution in [0.1, 0.15) is 12.5 Å². The number of benzene rings is 2. The van der Waals surface area contributed by atoms with E-state index in [9.17, 15) is 4.79 Å². The maximum atomic E-state index is 12.1. The molecular weight excluding hydrogens is 248 g/mol. The number of hydrogen-bond acceptors (Lipinski definition) is 2. The number of allylic oxidation sites excluding steroid dienone is 1. The lowest BCUT2D eigenvalue weighted by molar-refractivity contribution is 0.563. The van der Waals surface area contributed by atoms with Gasteiger partial charge in [0.2, 0.25) is 0 Å². The fraction of sp³-hybridized carbons (Fsp3) is 0.0556. The van der Waals surface area contributed by atoms with Crippen LogP contribution in [-0.4, -0.2) is 0 Å². The molecule has 0 aliphatic heterocycles. The number of fused-ring (bicyclic) bond motifs is 1. The van der Waals surface area contributed by atoms with Crippen LogP contribution in [0.15, 0.2) is 70.4 Å². The summed E-state index contributed by atoms with van der Waals surface area (Å²) in [6.45, 7) is 5.86. The average Bonchev–Trinajstić information content (AvgIpc) is 2.46. The largest absolute Gasteiger partial charge is 0.422 e. The van der Waals surface area contributed by atoms with Gasteiger partial charge in [0.15, 0.2) is 0 Å². The van der Waals surface area contributed by atoms with Crippen LogP contribution < -0.4 is 5.63 Å². The van der Waals surface area contributed by atoms with E-state index in [2.05, 4.69) is 6.58 Å². The van der Waals surface area contributed by atoms with E-state index >= 15 is 0 Å². The Labute approximate surface area is 117 Å². The van der Waals surface area contributed by atoms with Crippen molar-refractivity contribution in [2.24, 2.45) is 0 Å². The highest BCUT2D eigenvalue weighted by Gasteiger charge is 2.07. The predicted octanol–water partition coefficient (Wildman–Crippen LogP) is 4.49. The molecule has 3 aromatic rings. The summed E-state index contributed by atoms with van der Waals surface area (Å²) in [5.74, 6) is 0. The second kappa shape index (κ2) is 4.82. The zero-order valence-electron chi connectivity index (χ0n) is 11.2. The molecule has 0 bridgehead atoms. The molecule has 2 heteroatoms. The molecule has 3 rings (SSSR count). The molecule has 0 spiro atoms. The van der Waals surface area contributed by atoms with Gasteiger partial charge in [-0.3, -0.25) is 0 Å². The third-order valence-electron chi connectivity index (χ3n) is 3.33. The summed E-state index contributed by atoms with van der Waals surface area (Å²) >= 11 is 0. The first-order valence-corrected chi connectivity index (χ1v) is 6.44. The third-order valence-corrected chi connectivity index (χ3v) is 3.33. The molecule has 0 unspecified atom stereocenters. The Morgan fingerprint density at radius 3 is 2.45 bits per heavy atom. The lowest BCUT2D eigenvalue weighted by Gasteiger charge is -2.04. The standard InChI is InChI=1S/C18H14O2/c1-12(2)13-7-9-14(10-8-13)16-11-15-5-3-4-6-17(15)20-18(16)19/h3-11H,1H2,2H3. The topological polar surface area (TPSA) is 30.2 Å². The van der Waals surface area contributed by atoms with Crippen molar-refractivity contribution in [3.8, 4) is 11.1 Å². The quantitative estimate of drug-likeness (QED) is 0.637. The van der Waals surface area contributed by atoms with Crippen molar-refractivity contribution >= 4 is 16.5 Å². The minimum absolute atomic E-state index is 0.313. The summed E-state index contributed by atoms with van der Waals surface area (Å²) in [5.41, 5.74) is 3.80. The van der Waals surface area contributed by atoms with Crippen molar-refractivity contribution in [2.45, 2.75) is 6.92 Å². The molecule has 0 saturated heterocycles. The highest BCUT2D eigenvalue weighted by molar-refractivity contribution is 5.81. The van der Waals surface area contributed by atoms with Gasteiger partial charge in [-0.05, 0) is 30.2 Å². The zero-order chi connectivity index (χ0) is 14.1. The molecule has 0 amide bonds. The van der Waals surface area contributed by atoms with Crippen LogP contribution in [0.3, 0.4) is 0 Å². The van der Waals surface area contributed by atoms with Crippen molar-refractivity contribution in [2.75, 3.05) is 0 Å². The number of rotatable bonds is 2. The second-order valence-electron chi connectivity index (χ2n) is 4.84. The van der Waals surface area contributed by atoms with Crippen LogP contribution in [0.5, 0.6) is 0 Å². The van der Waals surface area contributed by atoms with Gasteiger partial charge in [0.25, 0.3) is 0 Å². The van der Waals surface area contributed by atoms with Gasteiger partial charge in [-0.15, -0.1) is 0 Å². The summed E-state index contributed by atoms with van der Waals surface area (Å²) in [6.07, 6.45) is 0.